The Morgan fingerprint density at radius 2 is 2.00 bits per heavy atom. The van der Waals surface area contributed by atoms with Gasteiger partial charge in [0.1, 0.15) is 0 Å². The van der Waals surface area contributed by atoms with Gasteiger partial charge in [-0.05, 0) is 50.6 Å². The average molecular weight is 268 g/mol. The summed E-state index contributed by atoms with van der Waals surface area (Å²) >= 11 is 0. The SMILES string of the molecule is CC(C1CNCCO1)N1CCCC(C(C)(C)C)CC1. The van der Waals surface area contributed by atoms with Gasteiger partial charge in [0, 0.05) is 19.1 Å². The minimum Gasteiger partial charge on any atom is -0.374 e. The van der Waals surface area contributed by atoms with Gasteiger partial charge in [-0.1, -0.05) is 20.8 Å². The number of nitrogens with one attached hydrogen (secondary N) is 1. The lowest BCUT2D eigenvalue weighted by molar-refractivity contribution is -0.0258. The molecule has 112 valence electrons. The van der Waals surface area contributed by atoms with E-state index >= 15 is 0 Å². The van der Waals surface area contributed by atoms with Crippen molar-refractivity contribution in [3.63, 3.8) is 0 Å². The second kappa shape index (κ2) is 6.55. The van der Waals surface area contributed by atoms with Crippen LogP contribution < -0.4 is 5.32 Å². The molecule has 3 nitrogen and oxygen atoms in total. The first kappa shape index (κ1) is 15.3. The van der Waals surface area contributed by atoms with Crippen LogP contribution in [0.2, 0.25) is 0 Å². The zero-order valence-corrected chi connectivity index (χ0v) is 13.2. The van der Waals surface area contributed by atoms with E-state index in [-0.39, 0.29) is 0 Å². The molecule has 1 N–H and O–H groups in total. The van der Waals surface area contributed by atoms with E-state index in [9.17, 15) is 0 Å². The van der Waals surface area contributed by atoms with Gasteiger partial charge in [-0.15, -0.1) is 0 Å². The summed E-state index contributed by atoms with van der Waals surface area (Å²) < 4.78 is 5.92. The zero-order chi connectivity index (χ0) is 13.9. The Labute approximate surface area is 119 Å². The first-order valence-electron chi connectivity index (χ1n) is 8.05. The molecule has 0 aromatic rings. The lowest BCUT2D eigenvalue weighted by atomic mass is 9.77. The summed E-state index contributed by atoms with van der Waals surface area (Å²) in [7, 11) is 0. The van der Waals surface area contributed by atoms with E-state index in [0.29, 0.717) is 17.6 Å². The predicted octanol–water partition coefficient (Wildman–Crippen LogP) is 2.51. The number of ether oxygens (including phenoxy) is 1. The molecule has 0 bridgehead atoms. The number of hydrogen-bond acceptors (Lipinski definition) is 3. The van der Waals surface area contributed by atoms with Crippen LogP contribution >= 0.6 is 0 Å². The molecule has 0 aromatic carbocycles. The van der Waals surface area contributed by atoms with Gasteiger partial charge < -0.3 is 10.1 Å². The number of nitrogens with zero attached hydrogens (tertiary/aromatic N) is 1. The van der Waals surface area contributed by atoms with Crippen LogP contribution in [0.15, 0.2) is 0 Å². The maximum Gasteiger partial charge on any atom is 0.0852 e. The zero-order valence-electron chi connectivity index (χ0n) is 13.2. The Hall–Kier alpha value is -0.120. The van der Waals surface area contributed by atoms with Gasteiger partial charge in [-0.25, -0.2) is 0 Å². The van der Waals surface area contributed by atoms with E-state index < -0.39 is 0 Å². The standard InChI is InChI=1S/C16H32N2O/c1-13(15-12-17-8-11-19-15)18-9-5-6-14(7-10-18)16(2,3)4/h13-15,17H,5-12H2,1-4H3. The van der Waals surface area contributed by atoms with E-state index in [2.05, 4.69) is 37.9 Å². The van der Waals surface area contributed by atoms with Crippen molar-refractivity contribution in [2.45, 2.75) is 59.1 Å². The fraction of sp³-hybridized carbons (Fsp3) is 1.00. The molecule has 2 heterocycles. The molecule has 2 rings (SSSR count). The second-order valence-corrected chi connectivity index (χ2v) is 7.38. The third-order valence-electron chi connectivity index (χ3n) is 5.06. The molecule has 0 aromatic heterocycles. The molecule has 2 aliphatic rings. The van der Waals surface area contributed by atoms with Crippen LogP contribution in [0.3, 0.4) is 0 Å². The summed E-state index contributed by atoms with van der Waals surface area (Å²) in [5.41, 5.74) is 0.460. The summed E-state index contributed by atoms with van der Waals surface area (Å²) in [6.45, 7) is 14.9. The summed E-state index contributed by atoms with van der Waals surface area (Å²) in [5, 5.41) is 3.45. The van der Waals surface area contributed by atoms with E-state index in [1.54, 1.807) is 0 Å². The van der Waals surface area contributed by atoms with Crippen LogP contribution in [0.25, 0.3) is 0 Å². The monoisotopic (exact) mass is 268 g/mol. The van der Waals surface area contributed by atoms with Crippen molar-refractivity contribution in [3.8, 4) is 0 Å². The molecular weight excluding hydrogens is 236 g/mol. The largest absolute Gasteiger partial charge is 0.374 e. The van der Waals surface area contributed by atoms with Crippen LogP contribution in [-0.2, 0) is 4.74 Å². The quantitative estimate of drug-likeness (QED) is 0.833. The van der Waals surface area contributed by atoms with Crippen molar-refractivity contribution in [2.75, 3.05) is 32.8 Å². The summed E-state index contributed by atoms with van der Waals surface area (Å²) in [6, 6.07) is 0.548. The highest BCUT2D eigenvalue weighted by Crippen LogP contribution is 2.34. The van der Waals surface area contributed by atoms with Crippen LogP contribution in [0.1, 0.15) is 47.0 Å². The Kier molecular flexibility index (Phi) is 5.27. The van der Waals surface area contributed by atoms with Gasteiger partial charge in [0.15, 0.2) is 0 Å². The molecule has 3 atom stereocenters. The minimum absolute atomic E-state index is 0.375. The number of morpholine rings is 1. The Morgan fingerprint density at radius 3 is 2.63 bits per heavy atom. The molecule has 3 heteroatoms. The van der Waals surface area contributed by atoms with Gasteiger partial charge in [0.25, 0.3) is 0 Å². The van der Waals surface area contributed by atoms with Gasteiger partial charge in [-0.2, -0.15) is 0 Å². The highest BCUT2D eigenvalue weighted by molar-refractivity contribution is 4.85. The van der Waals surface area contributed by atoms with Crippen molar-refractivity contribution in [2.24, 2.45) is 11.3 Å². The first-order chi connectivity index (χ1) is 8.98. The molecule has 2 saturated heterocycles. The molecule has 2 fully saturated rings. The van der Waals surface area contributed by atoms with Crippen molar-refractivity contribution in [1.82, 2.24) is 10.2 Å². The van der Waals surface area contributed by atoms with Crippen molar-refractivity contribution < 1.29 is 4.74 Å². The smallest absolute Gasteiger partial charge is 0.0852 e. The molecule has 0 radical (unpaired) electrons. The Balaban J connectivity index is 1.87. The second-order valence-electron chi connectivity index (χ2n) is 7.38. The van der Waals surface area contributed by atoms with Crippen LogP contribution in [0, 0.1) is 11.3 Å². The average Bonchev–Trinajstić information content (AvgIpc) is 2.64. The molecule has 19 heavy (non-hydrogen) atoms. The van der Waals surface area contributed by atoms with E-state index in [4.69, 9.17) is 4.74 Å². The van der Waals surface area contributed by atoms with E-state index in [0.717, 1.165) is 25.6 Å². The molecular formula is C16H32N2O. The third kappa shape index (κ3) is 4.17. The van der Waals surface area contributed by atoms with Gasteiger partial charge >= 0.3 is 0 Å². The Morgan fingerprint density at radius 1 is 1.21 bits per heavy atom. The minimum atomic E-state index is 0.375. The topological polar surface area (TPSA) is 24.5 Å². The van der Waals surface area contributed by atoms with Crippen LogP contribution in [-0.4, -0.2) is 49.8 Å². The van der Waals surface area contributed by atoms with Crippen molar-refractivity contribution in [3.05, 3.63) is 0 Å². The number of likely N-dealkylation sites (tertiary alicyclic amines) is 1. The molecule has 0 amide bonds. The Bertz CT molecular complexity index is 268. The number of hydrogen-bond donors (Lipinski definition) is 1. The predicted molar refractivity (Wildman–Crippen MR) is 80.4 cm³/mol. The lowest BCUT2D eigenvalue weighted by Crippen LogP contribution is -2.51. The molecule has 0 saturated carbocycles. The molecule has 0 aliphatic carbocycles. The van der Waals surface area contributed by atoms with Gasteiger partial charge in [0.05, 0.1) is 12.7 Å². The molecule has 2 aliphatic heterocycles. The van der Waals surface area contributed by atoms with Crippen molar-refractivity contribution in [1.29, 1.82) is 0 Å². The van der Waals surface area contributed by atoms with Crippen LogP contribution in [0.4, 0.5) is 0 Å². The first-order valence-corrected chi connectivity index (χ1v) is 8.05. The third-order valence-corrected chi connectivity index (χ3v) is 5.06. The maximum atomic E-state index is 5.92. The van der Waals surface area contributed by atoms with Crippen LogP contribution in [0.5, 0.6) is 0 Å². The summed E-state index contributed by atoms with van der Waals surface area (Å²) in [5.74, 6) is 0.870. The summed E-state index contributed by atoms with van der Waals surface area (Å²) in [6.07, 6.45) is 4.44. The fourth-order valence-corrected chi connectivity index (χ4v) is 3.52. The number of rotatable bonds is 2. The van der Waals surface area contributed by atoms with Crippen molar-refractivity contribution >= 4 is 0 Å². The van der Waals surface area contributed by atoms with Gasteiger partial charge in [-0.3, -0.25) is 4.90 Å². The van der Waals surface area contributed by atoms with E-state index in [1.165, 1.54) is 32.4 Å². The lowest BCUT2D eigenvalue weighted by Gasteiger charge is -2.36. The van der Waals surface area contributed by atoms with Gasteiger partial charge in [0.2, 0.25) is 0 Å². The molecule has 0 spiro atoms. The highest BCUT2D eigenvalue weighted by atomic mass is 16.5. The fourth-order valence-electron chi connectivity index (χ4n) is 3.52. The molecule has 3 unspecified atom stereocenters. The maximum absolute atomic E-state index is 5.92. The summed E-state index contributed by atoms with van der Waals surface area (Å²) in [4.78, 5) is 2.66. The normalized spacial score (nSPS) is 32.8. The van der Waals surface area contributed by atoms with E-state index in [1.807, 2.05) is 0 Å². The highest BCUT2D eigenvalue weighted by Gasteiger charge is 2.31.